The highest BCUT2D eigenvalue weighted by atomic mass is 19.1. The van der Waals surface area contributed by atoms with Gasteiger partial charge in [0.1, 0.15) is 11.3 Å². The molecular formula is C24H26F2N4O2. The molecule has 1 saturated carbocycles. The zero-order chi connectivity index (χ0) is 22.7. The maximum Gasteiger partial charge on any atom is 0.316 e. The summed E-state index contributed by atoms with van der Waals surface area (Å²) in [6, 6.07) is 4.37. The van der Waals surface area contributed by atoms with Crippen molar-refractivity contribution < 1.29 is 18.3 Å². The first kappa shape index (κ1) is 22.0. The number of ether oxygens (including phenoxy) is 1. The molecule has 8 heteroatoms. The number of aromatic nitrogens is 3. The van der Waals surface area contributed by atoms with Crippen LogP contribution < -0.4 is 10.1 Å². The molecule has 0 radical (unpaired) electrons. The number of rotatable bonds is 6. The van der Waals surface area contributed by atoms with Crippen LogP contribution in [0.15, 0.2) is 36.8 Å². The van der Waals surface area contributed by atoms with Crippen molar-refractivity contribution in [3.63, 3.8) is 0 Å². The Kier molecular flexibility index (Phi) is 6.58. The van der Waals surface area contributed by atoms with E-state index in [1.54, 1.807) is 6.20 Å². The number of carbonyl (C=O) groups is 1. The fourth-order valence-corrected chi connectivity index (χ4v) is 4.73. The lowest BCUT2D eigenvalue weighted by molar-refractivity contribution is 0.0908. The fourth-order valence-electron chi connectivity index (χ4n) is 4.73. The molecule has 1 aliphatic carbocycles. The van der Waals surface area contributed by atoms with Gasteiger partial charge in [0.05, 0.1) is 12.7 Å². The Morgan fingerprint density at radius 3 is 2.53 bits per heavy atom. The summed E-state index contributed by atoms with van der Waals surface area (Å²) in [5, 5.41) is 3.67. The van der Waals surface area contributed by atoms with Gasteiger partial charge in [-0.05, 0) is 61.6 Å². The minimum absolute atomic E-state index is 0.0367. The molecule has 168 valence electrons. The number of pyridine rings is 1. The first-order valence-electron chi connectivity index (χ1n) is 10.9. The van der Waals surface area contributed by atoms with Crippen LogP contribution in [0.1, 0.15) is 60.9 Å². The SMILES string of the molecule is CC[C@@H](NC(=O)c1cnc(OC)nc1)[C@H]1CC[C@@H](c2ccnc3c(F)cc(F)cc32)CC1. The molecule has 4 rings (SSSR count). The first-order chi connectivity index (χ1) is 15.5. The van der Waals surface area contributed by atoms with Gasteiger partial charge in [-0.3, -0.25) is 9.78 Å². The van der Waals surface area contributed by atoms with E-state index < -0.39 is 11.6 Å². The van der Waals surface area contributed by atoms with Crippen molar-refractivity contribution in [1.82, 2.24) is 20.3 Å². The largest absolute Gasteiger partial charge is 0.467 e. The van der Waals surface area contributed by atoms with Crippen molar-refractivity contribution in [2.75, 3.05) is 7.11 Å². The van der Waals surface area contributed by atoms with Gasteiger partial charge in [0, 0.05) is 36.1 Å². The van der Waals surface area contributed by atoms with Gasteiger partial charge in [-0.1, -0.05) is 6.92 Å². The van der Waals surface area contributed by atoms with Gasteiger partial charge < -0.3 is 10.1 Å². The van der Waals surface area contributed by atoms with Gasteiger partial charge in [0.25, 0.3) is 5.91 Å². The number of methoxy groups -OCH3 is 1. The highest BCUT2D eigenvalue weighted by Gasteiger charge is 2.29. The Hall–Kier alpha value is -3.16. The van der Waals surface area contributed by atoms with Crippen LogP contribution in [0.4, 0.5) is 8.78 Å². The molecule has 0 aliphatic heterocycles. The quantitative estimate of drug-likeness (QED) is 0.596. The van der Waals surface area contributed by atoms with E-state index in [1.807, 2.05) is 6.07 Å². The molecule has 1 aliphatic rings. The second kappa shape index (κ2) is 9.54. The second-order valence-corrected chi connectivity index (χ2v) is 8.24. The molecule has 2 aromatic heterocycles. The maximum absolute atomic E-state index is 14.2. The maximum atomic E-state index is 14.2. The van der Waals surface area contributed by atoms with Crippen LogP contribution in [-0.4, -0.2) is 34.0 Å². The summed E-state index contributed by atoms with van der Waals surface area (Å²) in [7, 11) is 1.47. The molecule has 0 bridgehead atoms. The van der Waals surface area contributed by atoms with Crippen LogP contribution >= 0.6 is 0 Å². The summed E-state index contributed by atoms with van der Waals surface area (Å²) < 4.78 is 32.9. The van der Waals surface area contributed by atoms with Gasteiger partial charge in [0.2, 0.25) is 0 Å². The Balaban J connectivity index is 1.43. The lowest BCUT2D eigenvalue weighted by Gasteiger charge is -2.34. The number of carbonyl (C=O) groups excluding carboxylic acids is 1. The number of amides is 1. The van der Waals surface area contributed by atoms with E-state index in [9.17, 15) is 13.6 Å². The van der Waals surface area contributed by atoms with Crippen molar-refractivity contribution in [3.8, 4) is 6.01 Å². The summed E-state index contributed by atoms with van der Waals surface area (Å²) in [6.45, 7) is 2.06. The zero-order valence-electron chi connectivity index (χ0n) is 18.1. The predicted molar refractivity (Wildman–Crippen MR) is 116 cm³/mol. The molecule has 0 unspecified atom stereocenters. The third-order valence-corrected chi connectivity index (χ3v) is 6.41. The molecule has 2 heterocycles. The van der Waals surface area contributed by atoms with Gasteiger partial charge in [-0.15, -0.1) is 0 Å². The van der Waals surface area contributed by atoms with Gasteiger partial charge in [-0.2, -0.15) is 0 Å². The Morgan fingerprint density at radius 2 is 1.88 bits per heavy atom. The van der Waals surface area contributed by atoms with Crippen molar-refractivity contribution in [3.05, 3.63) is 59.6 Å². The molecule has 0 spiro atoms. The molecular weight excluding hydrogens is 414 g/mol. The normalized spacial score (nSPS) is 19.5. The van der Waals surface area contributed by atoms with E-state index in [4.69, 9.17) is 4.74 Å². The van der Waals surface area contributed by atoms with E-state index >= 15 is 0 Å². The minimum Gasteiger partial charge on any atom is -0.467 e. The predicted octanol–water partition coefficient (Wildman–Crippen LogP) is 4.79. The van der Waals surface area contributed by atoms with Crippen LogP contribution in [0.25, 0.3) is 10.9 Å². The highest BCUT2D eigenvalue weighted by Crippen LogP contribution is 2.40. The average molecular weight is 440 g/mol. The fraction of sp³-hybridized carbons (Fsp3) is 0.417. The molecule has 0 saturated heterocycles. The Morgan fingerprint density at radius 1 is 1.16 bits per heavy atom. The smallest absolute Gasteiger partial charge is 0.316 e. The van der Waals surface area contributed by atoms with E-state index in [1.165, 1.54) is 25.6 Å². The van der Waals surface area contributed by atoms with Gasteiger partial charge in [-0.25, -0.2) is 18.7 Å². The summed E-state index contributed by atoms with van der Waals surface area (Å²) in [5.74, 6) is -0.879. The van der Waals surface area contributed by atoms with Gasteiger partial charge >= 0.3 is 6.01 Å². The summed E-state index contributed by atoms with van der Waals surface area (Å²) in [5.41, 5.74) is 1.55. The van der Waals surface area contributed by atoms with Crippen LogP contribution in [0.5, 0.6) is 6.01 Å². The van der Waals surface area contributed by atoms with E-state index in [0.717, 1.165) is 43.7 Å². The monoisotopic (exact) mass is 440 g/mol. The topological polar surface area (TPSA) is 77.0 Å². The first-order valence-corrected chi connectivity index (χ1v) is 10.9. The molecule has 1 fully saturated rings. The molecule has 6 nitrogen and oxygen atoms in total. The third-order valence-electron chi connectivity index (χ3n) is 6.41. The minimum atomic E-state index is -0.633. The van der Waals surface area contributed by atoms with Crippen molar-refractivity contribution in [2.45, 2.75) is 51.0 Å². The lowest BCUT2D eigenvalue weighted by Crippen LogP contribution is -2.41. The van der Waals surface area contributed by atoms with Crippen LogP contribution in [0.3, 0.4) is 0 Å². The number of nitrogens with zero attached hydrogens (tertiary/aromatic N) is 3. The van der Waals surface area contributed by atoms with Crippen molar-refractivity contribution >= 4 is 16.8 Å². The molecule has 1 atom stereocenters. The number of fused-ring (bicyclic) bond motifs is 1. The summed E-state index contributed by atoms with van der Waals surface area (Å²) in [4.78, 5) is 24.7. The highest BCUT2D eigenvalue weighted by molar-refractivity contribution is 5.93. The average Bonchev–Trinajstić information content (AvgIpc) is 2.82. The molecule has 32 heavy (non-hydrogen) atoms. The number of halogens is 2. The third kappa shape index (κ3) is 4.54. The number of hydrogen-bond acceptors (Lipinski definition) is 5. The Labute approximate surface area is 185 Å². The molecule has 1 aromatic carbocycles. The second-order valence-electron chi connectivity index (χ2n) is 8.24. The molecule has 1 amide bonds. The number of benzene rings is 1. The van der Waals surface area contributed by atoms with E-state index in [2.05, 4.69) is 27.2 Å². The summed E-state index contributed by atoms with van der Waals surface area (Å²) in [6.07, 6.45) is 8.94. The van der Waals surface area contributed by atoms with Crippen molar-refractivity contribution in [1.29, 1.82) is 0 Å². The Bertz CT molecular complexity index is 1100. The summed E-state index contributed by atoms with van der Waals surface area (Å²) >= 11 is 0. The number of hydrogen-bond donors (Lipinski definition) is 1. The molecule has 3 aromatic rings. The van der Waals surface area contributed by atoms with Crippen LogP contribution in [-0.2, 0) is 0 Å². The number of nitrogens with one attached hydrogen (secondary N) is 1. The van der Waals surface area contributed by atoms with Crippen molar-refractivity contribution in [2.24, 2.45) is 5.92 Å². The molecule has 1 N–H and O–H groups in total. The van der Waals surface area contributed by atoms with Gasteiger partial charge in [0.15, 0.2) is 5.82 Å². The van der Waals surface area contributed by atoms with E-state index in [0.29, 0.717) is 16.9 Å². The van der Waals surface area contributed by atoms with Crippen LogP contribution in [0, 0.1) is 17.6 Å². The lowest BCUT2D eigenvalue weighted by atomic mass is 9.75. The standard InChI is InChI=1S/C24H26F2N4O2/c1-3-21(30-23(31)16-12-28-24(32-2)29-13-16)15-6-4-14(5-7-15)18-8-9-27-22-19(18)10-17(25)11-20(22)26/h8-15,21H,3-7H2,1-2H3,(H,30,31)/t14-,15+,21-/m1/s1. The van der Waals surface area contributed by atoms with E-state index in [-0.39, 0.29) is 29.4 Å². The van der Waals surface area contributed by atoms with Crippen LogP contribution in [0.2, 0.25) is 0 Å². The zero-order valence-corrected chi connectivity index (χ0v) is 18.1.